The Hall–Kier alpha value is -1.49. The van der Waals surface area contributed by atoms with Gasteiger partial charge in [0, 0.05) is 12.8 Å². The zero-order valence-corrected chi connectivity index (χ0v) is 9.27. The molecule has 0 aliphatic carbocycles. The molecule has 1 heterocycles. The van der Waals surface area contributed by atoms with Crippen molar-refractivity contribution in [2.24, 2.45) is 0 Å². The van der Waals surface area contributed by atoms with Gasteiger partial charge in [0.25, 0.3) is 0 Å². The topological polar surface area (TPSA) is 48.4 Å². The van der Waals surface area contributed by atoms with E-state index in [0.29, 0.717) is 13.2 Å². The number of ether oxygens (including phenoxy) is 2. The smallest absolute Gasteiger partial charge is 0.341 e. The maximum atomic E-state index is 13.1. The predicted molar refractivity (Wildman–Crippen MR) is 55.6 cm³/mol. The molecule has 1 unspecified atom stereocenters. The van der Waals surface area contributed by atoms with Gasteiger partial charge in [0.15, 0.2) is 5.82 Å². The fraction of sp³-hybridized carbons (Fsp3) is 0.455. The predicted octanol–water partition coefficient (Wildman–Crippen LogP) is 1.80. The summed E-state index contributed by atoms with van der Waals surface area (Å²) < 4.78 is 23.2. The second kappa shape index (κ2) is 6.17. The van der Waals surface area contributed by atoms with Gasteiger partial charge in [0.05, 0.1) is 18.4 Å². The molecule has 0 saturated heterocycles. The summed E-state index contributed by atoms with van der Waals surface area (Å²) in [5.41, 5.74) is -0.113. The van der Waals surface area contributed by atoms with Crippen LogP contribution in [0.3, 0.4) is 0 Å². The Bertz CT molecular complexity index is 357. The Morgan fingerprint density at radius 1 is 1.62 bits per heavy atom. The fourth-order valence-corrected chi connectivity index (χ4v) is 1.10. The van der Waals surface area contributed by atoms with Crippen molar-refractivity contribution < 1.29 is 18.7 Å². The third-order valence-corrected chi connectivity index (χ3v) is 1.86. The second-order valence-electron chi connectivity index (χ2n) is 3.23. The molecule has 4 nitrogen and oxygen atoms in total. The summed E-state index contributed by atoms with van der Waals surface area (Å²) >= 11 is 0. The van der Waals surface area contributed by atoms with Crippen LogP contribution in [0.15, 0.2) is 18.5 Å². The van der Waals surface area contributed by atoms with E-state index in [1.165, 1.54) is 12.3 Å². The van der Waals surface area contributed by atoms with Gasteiger partial charge in [-0.15, -0.1) is 0 Å². The number of esters is 1. The van der Waals surface area contributed by atoms with Crippen LogP contribution in [0.25, 0.3) is 0 Å². The minimum atomic E-state index is -0.702. The zero-order chi connectivity index (χ0) is 12.0. The first-order chi connectivity index (χ1) is 7.65. The van der Waals surface area contributed by atoms with E-state index in [0.717, 1.165) is 6.20 Å². The lowest BCUT2D eigenvalue weighted by Gasteiger charge is -2.12. The number of halogens is 1. The molecule has 88 valence electrons. The monoisotopic (exact) mass is 227 g/mol. The summed E-state index contributed by atoms with van der Waals surface area (Å²) in [6, 6.07) is 1.28. The van der Waals surface area contributed by atoms with Crippen molar-refractivity contribution in [2.75, 3.05) is 13.2 Å². The number of pyridine rings is 1. The third-order valence-electron chi connectivity index (χ3n) is 1.86. The van der Waals surface area contributed by atoms with Crippen LogP contribution in [0, 0.1) is 5.82 Å². The van der Waals surface area contributed by atoms with Crippen molar-refractivity contribution in [3.05, 3.63) is 29.8 Å². The number of hydrogen-bond donors (Lipinski definition) is 0. The first kappa shape index (κ1) is 12.6. The molecule has 0 aromatic carbocycles. The van der Waals surface area contributed by atoms with Gasteiger partial charge in [-0.05, 0) is 19.9 Å². The quantitative estimate of drug-likeness (QED) is 0.720. The van der Waals surface area contributed by atoms with Crippen LogP contribution in [0.5, 0.6) is 0 Å². The Morgan fingerprint density at radius 3 is 3.00 bits per heavy atom. The number of hydrogen-bond acceptors (Lipinski definition) is 4. The summed E-state index contributed by atoms with van der Waals surface area (Å²) in [6.45, 7) is 4.38. The van der Waals surface area contributed by atoms with Crippen LogP contribution in [0.1, 0.15) is 24.2 Å². The molecular weight excluding hydrogens is 213 g/mol. The van der Waals surface area contributed by atoms with E-state index in [-0.39, 0.29) is 5.56 Å². The van der Waals surface area contributed by atoms with Gasteiger partial charge in [0.2, 0.25) is 0 Å². The molecule has 1 aromatic rings. The molecule has 0 N–H and O–H groups in total. The highest BCUT2D eigenvalue weighted by Crippen LogP contribution is 2.08. The van der Waals surface area contributed by atoms with E-state index in [1.54, 1.807) is 6.92 Å². The van der Waals surface area contributed by atoms with E-state index >= 15 is 0 Å². The maximum absolute atomic E-state index is 13.1. The molecule has 0 amide bonds. The average Bonchev–Trinajstić information content (AvgIpc) is 2.26. The maximum Gasteiger partial charge on any atom is 0.341 e. The number of carbonyl (C=O) groups excluding carboxylic acids is 1. The van der Waals surface area contributed by atoms with Crippen molar-refractivity contribution in [3.63, 3.8) is 0 Å². The lowest BCUT2D eigenvalue weighted by Crippen LogP contribution is -2.21. The number of rotatable bonds is 5. The molecule has 0 spiro atoms. The van der Waals surface area contributed by atoms with Crippen molar-refractivity contribution in [2.45, 2.75) is 20.0 Å². The zero-order valence-electron chi connectivity index (χ0n) is 9.27. The van der Waals surface area contributed by atoms with Gasteiger partial charge in [-0.1, -0.05) is 0 Å². The van der Waals surface area contributed by atoms with Crippen molar-refractivity contribution in [3.8, 4) is 0 Å². The normalized spacial score (nSPS) is 12.2. The standard InChI is InChI=1S/C11H14FNO3/c1-3-15-7-8(2)16-11(14)9-4-5-13-6-10(9)12/h4-6,8H,3,7H2,1-2H3. The highest BCUT2D eigenvalue weighted by Gasteiger charge is 2.15. The molecule has 1 atom stereocenters. The minimum absolute atomic E-state index is 0.113. The number of carbonyl (C=O) groups is 1. The molecule has 5 heteroatoms. The summed E-state index contributed by atoms with van der Waals surface area (Å²) in [6.07, 6.45) is 1.91. The van der Waals surface area contributed by atoms with E-state index in [4.69, 9.17) is 9.47 Å². The van der Waals surface area contributed by atoms with Crippen LogP contribution in [0.4, 0.5) is 4.39 Å². The van der Waals surface area contributed by atoms with Crippen LogP contribution < -0.4 is 0 Å². The van der Waals surface area contributed by atoms with Gasteiger partial charge in [-0.2, -0.15) is 0 Å². The van der Waals surface area contributed by atoms with Gasteiger partial charge >= 0.3 is 5.97 Å². The first-order valence-corrected chi connectivity index (χ1v) is 5.03. The van der Waals surface area contributed by atoms with E-state index in [2.05, 4.69) is 4.98 Å². The van der Waals surface area contributed by atoms with Gasteiger partial charge in [0.1, 0.15) is 6.10 Å². The fourth-order valence-electron chi connectivity index (χ4n) is 1.10. The van der Waals surface area contributed by atoms with Crippen molar-refractivity contribution in [1.82, 2.24) is 4.98 Å². The van der Waals surface area contributed by atoms with Gasteiger partial charge in [-0.25, -0.2) is 9.18 Å². The molecular formula is C11H14FNO3. The largest absolute Gasteiger partial charge is 0.457 e. The molecule has 16 heavy (non-hydrogen) atoms. The summed E-state index contributed by atoms with van der Waals surface area (Å²) in [5, 5.41) is 0. The third kappa shape index (κ3) is 3.58. The SMILES string of the molecule is CCOCC(C)OC(=O)c1ccncc1F. The van der Waals surface area contributed by atoms with Crippen molar-refractivity contribution in [1.29, 1.82) is 0 Å². The average molecular weight is 227 g/mol. The lowest BCUT2D eigenvalue weighted by atomic mass is 10.2. The van der Waals surface area contributed by atoms with E-state index < -0.39 is 17.9 Å². The molecule has 0 aliphatic rings. The Balaban J connectivity index is 2.56. The molecule has 1 aromatic heterocycles. The van der Waals surface area contributed by atoms with E-state index in [9.17, 15) is 9.18 Å². The molecule has 0 aliphatic heterocycles. The van der Waals surface area contributed by atoms with Crippen LogP contribution >= 0.6 is 0 Å². The molecule has 0 saturated carbocycles. The van der Waals surface area contributed by atoms with Crippen molar-refractivity contribution >= 4 is 5.97 Å². The highest BCUT2D eigenvalue weighted by molar-refractivity contribution is 5.89. The second-order valence-corrected chi connectivity index (χ2v) is 3.23. The van der Waals surface area contributed by atoms with Crippen LogP contribution in [0.2, 0.25) is 0 Å². The first-order valence-electron chi connectivity index (χ1n) is 5.03. The number of aromatic nitrogens is 1. The highest BCUT2D eigenvalue weighted by atomic mass is 19.1. The Morgan fingerprint density at radius 2 is 2.38 bits per heavy atom. The number of nitrogens with zero attached hydrogens (tertiary/aromatic N) is 1. The van der Waals surface area contributed by atoms with Gasteiger partial charge in [-0.3, -0.25) is 4.98 Å². The Kier molecular flexibility index (Phi) is 4.85. The summed E-state index contributed by atoms with van der Waals surface area (Å²) in [5.74, 6) is -1.39. The molecule has 0 radical (unpaired) electrons. The Labute approximate surface area is 93.4 Å². The summed E-state index contributed by atoms with van der Waals surface area (Å²) in [7, 11) is 0. The molecule has 1 rings (SSSR count). The lowest BCUT2D eigenvalue weighted by molar-refractivity contribution is 0.00399. The van der Waals surface area contributed by atoms with Crippen LogP contribution in [-0.4, -0.2) is 30.3 Å². The molecule has 0 bridgehead atoms. The van der Waals surface area contributed by atoms with Crippen LogP contribution in [-0.2, 0) is 9.47 Å². The molecule has 0 fully saturated rings. The van der Waals surface area contributed by atoms with E-state index in [1.807, 2.05) is 6.92 Å². The summed E-state index contributed by atoms with van der Waals surface area (Å²) in [4.78, 5) is 15.0. The van der Waals surface area contributed by atoms with Gasteiger partial charge < -0.3 is 9.47 Å². The minimum Gasteiger partial charge on any atom is -0.457 e.